The lowest BCUT2D eigenvalue weighted by Gasteiger charge is -2.35. The number of rotatable bonds is 3. The van der Waals surface area contributed by atoms with Crippen molar-refractivity contribution in [2.45, 2.75) is 4.90 Å². The second-order valence-corrected chi connectivity index (χ2v) is 7.97. The Bertz CT molecular complexity index is 935. The fourth-order valence-electron chi connectivity index (χ4n) is 2.83. The molecule has 130 valence electrons. The van der Waals surface area contributed by atoms with Crippen LogP contribution in [-0.2, 0) is 10.0 Å². The molecule has 8 heteroatoms. The zero-order chi connectivity index (χ0) is 18.0. The van der Waals surface area contributed by atoms with Crippen LogP contribution < -0.4 is 4.90 Å². The first-order valence-electron chi connectivity index (χ1n) is 7.63. The molecule has 1 saturated heterocycles. The first-order valence-corrected chi connectivity index (χ1v) is 9.44. The maximum absolute atomic E-state index is 13.8. The number of hydrogen-bond acceptors (Lipinski definition) is 4. The van der Waals surface area contributed by atoms with Crippen LogP contribution >= 0.6 is 11.6 Å². The number of hydrogen-bond donors (Lipinski definition) is 0. The van der Waals surface area contributed by atoms with E-state index in [0.717, 1.165) is 0 Å². The molecule has 0 N–H and O–H groups in total. The van der Waals surface area contributed by atoms with Crippen LogP contribution in [0.5, 0.6) is 0 Å². The molecule has 1 aliphatic rings. The van der Waals surface area contributed by atoms with Crippen LogP contribution in [0.3, 0.4) is 0 Å². The zero-order valence-electron chi connectivity index (χ0n) is 13.2. The molecule has 0 spiro atoms. The highest BCUT2D eigenvalue weighted by atomic mass is 35.5. The highest BCUT2D eigenvalue weighted by Gasteiger charge is 2.29. The maximum atomic E-state index is 13.8. The number of benzene rings is 2. The lowest BCUT2D eigenvalue weighted by atomic mass is 10.1. The van der Waals surface area contributed by atoms with Gasteiger partial charge in [0.05, 0.1) is 10.6 Å². The Hall–Kier alpha value is -2.14. The van der Waals surface area contributed by atoms with E-state index >= 15 is 0 Å². The first kappa shape index (κ1) is 17.7. The van der Waals surface area contributed by atoms with Crippen LogP contribution in [0.25, 0.3) is 0 Å². The van der Waals surface area contributed by atoms with Gasteiger partial charge in [-0.25, -0.2) is 12.8 Å². The summed E-state index contributed by atoms with van der Waals surface area (Å²) in [5.74, 6) is -0.575. The van der Waals surface area contributed by atoms with Crippen molar-refractivity contribution in [3.63, 3.8) is 0 Å². The minimum Gasteiger partial charge on any atom is -0.368 e. The predicted molar refractivity (Wildman–Crippen MR) is 93.5 cm³/mol. The standard InChI is InChI=1S/C17H15ClFN3O2S/c18-13-3-1-4-14(11-13)25(23,24)22-9-7-21(8-10-22)17-6-2-5-16(19)15(17)12-20/h1-6,11H,7-10H2. The lowest BCUT2D eigenvalue weighted by Crippen LogP contribution is -2.48. The molecule has 1 heterocycles. The van der Waals surface area contributed by atoms with Gasteiger partial charge in [-0.2, -0.15) is 9.57 Å². The molecule has 2 aromatic carbocycles. The van der Waals surface area contributed by atoms with Crippen LogP contribution in [0.15, 0.2) is 47.4 Å². The predicted octanol–water partition coefficient (Wildman–Crippen LogP) is 2.86. The Morgan fingerprint density at radius 2 is 1.76 bits per heavy atom. The number of piperazine rings is 1. The third-order valence-corrected chi connectivity index (χ3v) is 6.25. The summed E-state index contributed by atoms with van der Waals surface area (Å²) in [6.45, 7) is 1.24. The van der Waals surface area contributed by atoms with Gasteiger partial charge >= 0.3 is 0 Å². The molecule has 0 unspecified atom stereocenters. The fourth-order valence-corrected chi connectivity index (χ4v) is 4.56. The molecule has 5 nitrogen and oxygen atoms in total. The van der Waals surface area contributed by atoms with Crippen molar-refractivity contribution in [3.8, 4) is 6.07 Å². The molecular formula is C17H15ClFN3O2S. The summed E-state index contributed by atoms with van der Waals surface area (Å²) in [6.07, 6.45) is 0. The molecule has 0 bridgehead atoms. The van der Waals surface area contributed by atoms with Gasteiger partial charge in [0, 0.05) is 31.2 Å². The van der Waals surface area contributed by atoms with E-state index < -0.39 is 15.8 Å². The Kier molecular flexibility index (Phi) is 4.95. The smallest absolute Gasteiger partial charge is 0.243 e. The summed E-state index contributed by atoms with van der Waals surface area (Å²) < 4.78 is 40.5. The second-order valence-electron chi connectivity index (χ2n) is 5.59. The summed E-state index contributed by atoms with van der Waals surface area (Å²) in [4.78, 5) is 1.97. The van der Waals surface area contributed by atoms with Gasteiger partial charge in [-0.3, -0.25) is 0 Å². The van der Waals surface area contributed by atoms with Crippen molar-refractivity contribution in [2.24, 2.45) is 0 Å². The van der Waals surface area contributed by atoms with E-state index in [1.54, 1.807) is 24.3 Å². The van der Waals surface area contributed by atoms with Gasteiger partial charge in [0.25, 0.3) is 0 Å². The van der Waals surface area contributed by atoms with Gasteiger partial charge < -0.3 is 4.90 Å². The Labute approximate surface area is 150 Å². The third kappa shape index (κ3) is 3.47. The van der Waals surface area contributed by atoms with Crippen molar-refractivity contribution in [3.05, 3.63) is 58.9 Å². The average Bonchev–Trinajstić information content (AvgIpc) is 2.61. The SMILES string of the molecule is N#Cc1c(F)cccc1N1CCN(S(=O)(=O)c2cccc(Cl)c2)CC1. The van der Waals surface area contributed by atoms with Gasteiger partial charge in [0.2, 0.25) is 10.0 Å². The van der Waals surface area contributed by atoms with E-state index in [4.69, 9.17) is 16.9 Å². The van der Waals surface area contributed by atoms with Crippen LogP contribution in [0.2, 0.25) is 5.02 Å². The highest BCUT2D eigenvalue weighted by Crippen LogP contribution is 2.26. The number of nitrogens with zero attached hydrogens (tertiary/aromatic N) is 3. The summed E-state index contributed by atoms with van der Waals surface area (Å²) >= 11 is 5.88. The topological polar surface area (TPSA) is 64.4 Å². The van der Waals surface area contributed by atoms with Gasteiger partial charge in [-0.05, 0) is 30.3 Å². The van der Waals surface area contributed by atoms with Crippen LogP contribution in [-0.4, -0.2) is 38.9 Å². The van der Waals surface area contributed by atoms with Crippen molar-refractivity contribution in [1.82, 2.24) is 4.31 Å². The molecule has 0 aliphatic carbocycles. The molecule has 0 saturated carbocycles. The van der Waals surface area contributed by atoms with Crippen LogP contribution in [0, 0.1) is 17.1 Å². The Morgan fingerprint density at radius 3 is 2.40 bits per heavy atom. The van der Waals surface area contributed by atoms with E-state index in [2.05, 4.69) is 0 Å². The number of nitriles is 1. The van der Waals surface area contributed by atoms with E-state index in [0.29, 0.717) is 23.8 Å². The molecule has 2 aromatic rings. The molecular weight excluding hydrogens is 365 g/mol. The quantitative estimate of drug-likeness (QED) is 0.822. The lowest BCUT2D eigenvalue weighted by molar-refractivity contribution is 0.384. The normalized spacial score (nSPS) is 15.8. The number of sulfonamides is 1. The van der Waals surface area contributed by atoms with Crippen molar-refractivity contribution in [2.75, 3.05) is 31.1 Å². The molecule has 0 amide bonds. The molecule has 1 fully saturated rings. The van der Waals surface area contributed by atoms with Gasteiger partial charge in [-0.1, -0.05) is 23.7 Å². The molecule has 1 aliphatic heterocycles. The van der Waals surface area contributed by atoms with E-state index in [1.165, 1.54) is 22.5 Å². The second kappa shape index (κ2) is 7.00. The van der Waals surface area contributed by atoms with Crippen molar-refractivity contribution >= 4 is 27.3 Å². The average molecular weight is 380 g/mol. The first-order chi connectivity index (χ1) is 11.9. The number of halogens is 2. The maximum Gasteiger partial charge on any atom is 0.243 e. The van der Waals surface area contributed by atoms with Crippen LogP contribution in [0.4, 0.5) is 10.1 Å². The number of anilines is 1. The van der Waals surface area contributed by atoms with Gasteiger partial charge in [-0.15, -0.1) is 0 Å². The summed E-state index contributed by atoms with van der Waals surface area (Å²) in [5, 5.41) is 9.51. The van der Waals surface area contributed by atoms with Gasteiger partial charge in [0.15, 0.2) is 0 Å². The Balaban J connectivity index is 1.79. The largest absolute Gasteiger partial charge is 0.368 e. The zero-order valence-corrected chi connectivity index (χ0v) is 14.8. The molecule has 25 heavy (non-hydrogen) atoms. The molecule has 0 aromatic heterocycles. The Morgan fingerprint density at radius 1 is 1.08 bits per heavy atom. The van der Waals surface area contributed by atoms with Crippen LogP contribution in [0.1, 0.15) is 5.56 Å². The van der Waals surface area contributed by atoms with E-state index in [-0.39, 0.29) is 23.5 Å². The van der Waals surface area contributed by atoms with Crippen molar-refractivity contribution in [1.29, 1.82) is 5.26 Å². The minimum atomic E-state index is -3.63. The highest BCUT2D eigenvalue weighted by molar-refractivity contribution is 7.89. The summed E-state index contributed by atoms with van der Waals surface area (Å²) in [5.41, 5.74) is 0.468. The third-order valence-electron chi connectivity index (χ3n) is 4.12. The van der Waals surface area contributed by atoms with E-state index in [1.807, 2.05) is 11.0 Å². The summed E-state index contributed by atoms with van der Waals surface area (Å²) in [6, 6.07) is 12.5. The molecule has 3 rings (SSSR count). The van der Waals surface area contributed by atoms with E-state index in [9.17, 15) is 12.8 Å². The van der Waals surface area contributed by atoms with Gasteiger partial charge in [0.1, 0.15) is 17.4 Å². The fraction of sp³-hybridized carbons (Fsp3) is 0.235. The molecule has 0 radical (unpaired) electrons. The van der Waals surface area contributed by atoms with Crippen molar-refractivity contribution < 1.29 is 12.8 Å². The summed E-state index contributed by atoms with van der Waals surface area (Å²) in [7, 11) is -3.63. The monoisotopic (exact) mass is 379 g/mol. The minimum absolute atomic E-state index is 0.0198. The molecule has 0 atom stereocenters.